The van der Waals surface area contributed by atoms with E-state index in [2.05, 4.69) is 9.97 Å². The van der Waals surface area contributed by atoms with Crippen molar-refractivity contribution in [3.8, 4) is 0 Å². The average Bonchev–Trinajstić information content (AvgIpc) is 2.76. The van der Waals surface area contributed by atoms with Gasteiger partial charge in [-0.3, -0.25) is 9.78 Å². The van der Waals surface area contributed by atoms with Crippen LogP contribution >= 0.6 is 0 Å². The summed E-state index contributed by atoms with van der Waals surface area (Å²) < 4.78 is 5.52. The first kappa shape index (κ1) is 15.9. The molecule has 0 spiro atoms. The van der Waals surface area contributed by atoms with E-state index in [0.717, 1.165) is 12.8 Å². The first-order valence-corrected chi connectivity index (χ1v) is 8.16. The molecule has 0 radical (unpaired) electrons. The lowest BCUT2D eigenvalue weighted by Gasteiger charge is -2.38. The van der Waals surface area contributed by atoms with Gasteiger partial charge >= 0.3 is 6.09 Å². The summed E-state index contributed by atoms with van der Waals surface area (Å²) in [5.74, 6) is -0.0401. The highest BCUT2D eigenvalue weighted by Gasteiger charge is 2.46. The van der Waals surface area contributed by atoms with E-state index < -0.39 is 5.60 Å². The largest absolute Gasteiger partial charge is 0.444 e. The number of hydrogen-bond acceptors (Lipinski definition) is 5. The lowest BCUT2D eigenvalue weighted by atomic mass is 9.86. The number of aromatic nitrogens is 2. The molecule has 0 aliphatic carbocycles. The van der Waals surface area contributed by atoms with Gasteiger partial charge in [0.1, 0.15) is 11.3 Å². The molecule has 6 nitrogen and oxygen atoms in total. The van der Waals surface area contributed by atoms with E-state index in [4.69, 9.17) is 4.74 Å². The van der Waals surface area contributed by atoms with Crippen LogP contribution in [0.1, 0.15) is 56.9 Å². The minimum atomic E-state index is -0.497. The molecular formula is C17H23N3O3. The van der Waals surface area contributed by atoms with Gasteiger partial charge in [-0.15, -0.1) is 0 Å². The smallest absolute Gasteiger partial charge is 0.410 e. The van der Waals surface area contributed by atoms with Gasteiger partial charge < -0.3 is 9.64 Å². The highest BCUT2D eigenvalue weighted by molar-refractivity contribution is 5.96. The lowest BCUT2D eigenvalue weighted by Crippen LogP contribution is -2.49. The summed E-state index contributed by atoms with van der Waals surface area (Å²) in [6, 6.07) is 0.184. The second-order valence-corrected chi connectivity index (χ2v) is 7.40. The molecule has 2 aliphatic rings. The number of carbonyl (C=O) groups is 2. The Bertz CT molecular complexity index is 583. The maximum atomic E-state index is 12.6. The van der Waals surface area contributed by atoms with E-state index >= 15 is 0 Å². The standard InChI is InChI=1S/C17H23N3O3/c1-17(2,3)23-16(22)20-12-4-5-13(20)9-11(8-12)15(21)14-10-18-6-7-19-14/h6-7,10-13H,4-5,8-9H2,1-3H3. The molecule has 3 rings (SSSR count). The topological polar surface area (TPSA) is 72.4 Å². The van der Waals surface area contributed by atoms with Crippen LogP contribution in [0.15, 0.2) is 18.6 Å². The van der Waals surface area contributed by atoms with Crippen LogP contribution in [0, 0.1) is 5.92 Å². The Labute approximate surface area is 136 Å². The van der Waals surface area contributed by atoms with E-state index in [0.29, 0.717) is 18.5 Å². The van der Waals surface area contributed by atoms with Crippen molar-refractivity contribution in [3.63, 3.8) is 0 Å². The maximum Gasteiger partial charge on any atom is 0.410 e. The van der Waals surface area contributed by atoms with E-state index in [1.807, 2.05) is 25.7 Å². The summed E-state index contributed by atoms with van der Waals surface area (Å²) in [6.45, 7) is 5.62. The van der Waals surface area contributed by atoms with Crippen LogP contribution in [0.2, 0.25) is 0 Å². The molecule has 2 fully saturated rings. The van der Waals surface area contributed by atoms with Crippen molar-refractivity contribution >= 4 is 11.9 Å². The minimum Gasteiger partial charge on any atom is -0.444 e. The van der Waals surface area contributed by atoms with Crippen molar-refractivity contribution in [1.29, 1.82) is 0 Å². The van der Waals surface area contributed by atoms with Crippen molar-refractivity contribution in [2.24, 2.45) is 5.92 Å². The third kappa shape index (κ3) is 3.35. The molecule has 2 unspecified atom stereocenters. The zero-order valence-corrected chi connectivity index (χ0v) is 13.9. The fourth-order valence-electron chi connectivity index (χ4n) is 3.64. The highest BCUT2D eigenvalue weighted by atomic mass is 16.6. The zero-order chi connectivity index (χ0) is 16.6. The molecule has 23 heavy (non-hydrogen) atoms. The molecule has 0 saturated carbocycles. The number of hydrogen-bond donors (Lipinski definition) is 0. The summed E-state index contributed by atoms with van der Waals surface area (Å²) in [5, 5.41) is 0. The number of ether oxygens (including phenoxy) is 1. The molecule has 0 N–H and O–H groups in total. The first-order chi connectivity index (χ1) is 10.8. The maximum absolute atomic E-state index is 12.6. The van der Waals surface area contributed by atoms with Gasteiger partial charge in [0.05, 0.1) is 6.20 Å². The Morgan fingerprint density at radius 2 is 1.83 bits per heavy atom. The van der Waals surface area contributed by atoms with E-state index in [1.165, 1.54) is 12.4 Å². The van der Waals surface area contributed by atoms with Crippen molar-refractivity contribution in [2.75, 3.05) is 0 Å². The number of Topliss-reactive ketones (excluding diaryl/α,β-unsaturated/α-hetero) is 1. The van der Waals surface area contributed by atoms with Gasteiger partial charge in [0.25, 0.3) is 0 Å². The van der Waals surface area contributed by atoms with Gasteiger partial charge in [0, 0.05) is 30.4 Å². The summed E-state index contributed by atoms with van der Waals surface area (Å²) in [5.41, 5.74) is -0.0781. The SMILES string of the molecule is CC(C)(C)OC(=O)N1C2CCC1CC(C(=O)c1cnccn1)C2. The molecule has 2 aliphatic heterocycles. The lowest BCUT2D eigenvalue weighted by molar-refractivity contribution is 0.00250. The Hall–Kier alpha value is -1.98. The van der Waals surface area contributed by atoms with E-state index in [9.17, 15) is 9.59 Å². The second-order valence-electron chi connectivity index (χ2n) is 7.40. The van der Waals surface area contributed by atoms with Gasteiger partial charge in [-0.2, -0.15) is 0 Å². The Kier molecular flexibility index (Phi) is 4.08. The van der Waals surface area contributed by atoms with Gasteiger partial charge in [-0.05, 0) is 46.5 Å². The molecule has 2 bridgehead atoms. The summed E-state index contributed by atoms with van der Waals surface area (Å²) in [4.78, 5) is 34.9. The number of rotatable bonds is 2. The number of piperidine rings is 1. The predicted molar refractivity (Wildman–Crippen MR) is 84.0 cm³/mol. The quantitative estimate of drug-likeness (QED) is 0.784. The fourth-order valence-corrected chi connectivity index (χ4v) is 3.64. The Morgan fingerprint density at radius 3 is 2.35 bits per heavy atom. The van der Waals surface area contributed by atoms with Crippen molar-refractivity contribution < 1.29 is 14.3 Å². The van der Waals surface area contributed by atoms with Gasteiger partial charge in [-0.25, -0.2) is 9.78 Å². The molecule has 0 aromatic carbocycles. The third-order valence-corrected chi connectivity index (χ3v) is 4.52. The number of nitrogens with zero attached hydrogens (tertiary/aromatic N) is 3. The van der Waals surface area contributed by atoms with Crippen molar-refractivity contribution in [1.82, 2.24) is 14.9 Å². The molecule has 2 atom stereocenters. The second kappa shape index (κ2) is 5.91. The average molecular weight is 317 g/mol. The molecule has 2 saturated heterocycles. The third-order valence-electron chi connectivity index (χ3n) is 4.52. The Balaban J connectivity index is 1.70. The van der Waals surface area contributed by atoms with Gasteiger partial charge in [-0.1, -0.05) is 0 Å². The van der Waals surface area contributed by atoms with Crippen LogP contribution in [0.4, 0.5) is 4.79 Å². The van der Waals surface area contributed by atoms with Crippen LogP contribution in [0.5, 0.6) is 0 Å². The highest BCUT2D eigenvalue weighted by Crippen LogP contribution is 2.40. The number of amides is 1. The molecule has 1 aromatic rings. The normalized spacial score (nSPS) is 26.9. The number of carbonyl (C=O) groups excluding carboxylic acids is 2. The van der Waals surface area contributed by atoms with Crippen LogP contribution in [-0.4, -0.2) is 44.4 Å². The van der Waals surface area contributed by atoms with Crippen LogP contribution in [0.3, 0.4) is 0 Å². The molecule has 1 amide bonds. The van der Waals surface area contributed by atoms with Crippen LogP contribution in [-0.2, 0) is 4.74 Å². The van der Waals surface area contributed by atoms with Crippen molar-refractivity contribution in [3.05, 3.63) is 24.3 Å². The molecule has 1 aromatic heterocycles. The first-order valence-electron chi connectivity index (χ1n) is 8.16. The summed E-state index contributed by atoms with van der Waals surface area (Å²) in [7, 11) is 0. The van der Waals surface area contributed by atoms with Crippen molar-refractivity contribution in [2.45, 2.75) is 64.1 Å². The van der Waals surface area contributed by atoms with Gasteiger partial charge in [0.15, 0.2) is 5.78 Å². The Morgan fingerprint density at radius 1 is 1.17 bits per heavy atom. The fraction of sp³-hybridized carbons (Fsp3) is 0.647. The monoisotopic (exact) mass is 317 g/mol. The summed E-state index contributed by atoms with van der Waals surface area (Å²) in [6.07, 6.45) is 7.61. The molecule has 6 heteroatoms. The van der Waals surface area contributed by atoms with E-state index in [1.54, 1.807) is 6.20 Å². The zero-order valence-electron chi connectivity index (χ0n) is 13.9. The van der Waals surface area contributed by atoms with E-state index in [-0.39, 0.29) is 29.9 Å². The van der Waals surface area contributed by atoms with Gasteiger partial charge in [0.2, 0.25) is 0 Å². The molecular weight excluding hydrogens is 294 g/mol. The number of fused-ring (bicyclic) bond motifs is 2. The van der Waals surface area contributed by atoms with Crippen LogP contribution in [0.25, 0.3) is 0 Å². The minimum absolute atomic E-state index is 0.0406. The summed E-state index contributed by atoms with van der Waals surface area (Å²) >= 11 is 0. The van der Waals surface area contributed by atoms with Crippen LogP contribution < -0.4 is 0 Å². The predicted octanol–water partition coefficient (Wildman–Crippen LogP) is 2.84. The number of ketones is 1. The molecule has 124 valence electrons. The molecule has 3 heterocycles.